The predicted octanol–water partition coefficient (Wildman–Crippen LogP) is 2.43. The van der Waals surface area contributed by atoms with E-state index in [1.54, 1.807) is 13.2 Å². The summed E-state index contributed by atoms with van der Waals surface area (Å²) in [6.45, 7) is 0.209. The monoisotopic (exact) mass is 366 g/mol. The predicted molar refractivity (Wildman–Crippen MR) is 86.8 cm³/mol. The number of hydrogen-bond acceptors (Lipinski definition) is 3. The Labute approximate surface area is 147 Å². The van der Waals surface area contributed by atoms with Gasteiger partial charge in [-0.3, -0.25) is 14.3 Å². The molecule has 2 amide bonds. The van der Waals surface area contributed by atoms with Crippen molar-refractivity contribution in [3.8, 4) is 0 Å². The number of halogens is 3. The van der Waals surface area contributed by atoms with Crippen LogP contribution in [0.5, 0.6) is 0 Å². The molecule has 9 heteroatoms. The maximum Gasteiger partial charge on any atom is 0.416 e. The summed E-state index contributed by atoms with van der Waals surface area (Å²) in [5, 5.41) is 6.63. The van der Waals surface area contributed by atoms with Crippen LogP contribution in [0, 0.1) is 5.92 Å². The number of carbonyl (C=O) groups is 2. The molecule has 6 nitrogen and oxygen atoms in total. The first-order chi connectivity index (χ1) is 12.2. The number of amides is 2. The van der Waals surface area contributed by atoms with Crippen LogP contribution in [0.15, 0.2) is 36.7 Å². The standard InChI is InChI=1S/C17H17F3N4O2/c1-23-10-14(7-21-23)22-16(26)12-6-15(25)24(9-12)8-11-3-2-4-13(5-11)17(18,19)20/h2-5,7,10,12H,6,8-9H2,1H3,(H,22,26). The summed E-state index contributed by atoms with van der Waals surface area (Å²) in [6.07, 6.45) is -1.27. The van der Waals surface area contributed by atoms with Gasteiger partial charge in [0, 0.05) is 32.8 Å². The molecule has 1 aliphatic rings. The van der Waals surface area contributed by atoms with E-state index in [1.165, 1.54) is 27.9 Å². The van der Waals surface area contributed by atoms with Crippen molar-refractivity contribution in [3.63, 3.8) is 0 Å². The van der Waals surface area contributed by atoms with E-state index < -0.39 is 17.7 Å². The minimum atomic E-state index is -4.43. The van der Waals surface area contributed by atoms with Gasteiger partial charge in [-0.05, 0) is 17.7 Å². The number of carbonyl (C=O) groups excluding carboxylic acids is 2. The van der Waals surface area contributed by atoms with E-state index >= 15 is 0 Å². The molecule has 1 atom stereocenters. The second kappa shape index (κ2) is 6.81. The largest absolute Gasteiger partial charge is 0.416 e. The van der Waals surface area contributed by atoms with Crippen molar-refractivity contribution in [1.29, 1.82) is 0 Å². The zero-order valence-corrected chi connectivity index (χ0v) is 14.0. The Bertz CT molecular complexity index is 831. The number of nitrogens with one attached hydrogen (secondary N) is 1. The third-order valence-corrected chi connectivity index (χ3v) is 4.19. The van der Waals surface area contributed by atoms with Crippen molar-refractivity contribution >= 4 is 17.5 Å². The molecule has 0 bridgehead atoms. The summed E-state index contributed by atoms with van der Waals surface area (Å²) < 4.78 is 39.9. The molecule has 1 aromatic heterocycles. The highest BCUT2D eigenvalue weighted by molar-refractivity contribution is 5.97. The van der Waals surface area contributed by atoms with Gasteiger partial charge >= 0.3 is 6.18 Å². The smallest absolute Gasteiger partial charge is 0.338 e. The molecule has 1 N–H and O–H groups in total. The molecule has 26 heavy (non-hydrogen) atoms. The average Bonchev–Trinajstić information content (AvgIpc) is 3.13. The van der Waals surface area contributed by atoms with E-state index in [2.05, 4.69) is 10.4 Å². The molecule has 138 valence electrons. The molecule has 1 fully saturated rings. The van der Waals surface area contributed by atoms with E-state index in [9.17, 15) is 22.8 Å². The third kappa shape index (κ3) is 4.04. The number of rotatable bonds is 4. The molecular formula is C17H17F3N4O2. The van der Waals surface area contributed by atoms with Gasteiger partial charge in [-0.2, -0.15) is 18.3 Å². The molecule has 1 unspecified atom stereocenters. The number of anilines is 1. The van der Waals surface area contributed by atoms with Gasteiger partial charge in [0.05, 0.1) is 23.4 Å². The lowest BCUT2D eigenvalue weighted by atomic mass is 10.1. The fourth-order valence-corrected chi connectivity index (χ4v) is 2.90. The minimum Gasteiger partial charge on any atom is -0.338 e. The van der Waals surface area contributed by atoms with Crippen molar-refractivity contribution in [2.45, 2.75) is 19.1 Å². The molecule has 2 aromatic rings. The highest BCUT2D eigenvalue weighted by Gasteiger charge is 2.35. The van der Waals surface area contributed by atoms with E-state index in [-0.39, 0.29) is 31.3 Å². The van der Waals surface area contributed by atoms with Crippen molar-refractivity contribution in [2.75, 3.05) is 11.9 Å². The number of nitrogens with zero attached hydrogens (tertiary/aromatic N) is 3. The number of benzene rings is 1. The Kier molecular flexibility index (Phi) is 4.71. The van der Waals surface area contributed by atoms with Crippen molar-refractivity contribution in [1.82, 2.24) is 14.7 Å². The molecule has 1 aliphatic heterocycles. The lowest BCUT2D eigenvalue weighted by molar-refractivity contribution is -0.137. The van der Waals surface area contributed by atoms with Gasteiger partial charge in [-0.1, -0.05) is 12.1 Å². The minimum absolute atomic E-state index is 0.0328. The number of hydrogen-bond donors (Lipinski definition) is 1. The second-order valence-electron chi connectivity index (χ2n) is 6.27. The number of aryl methyl sites for hydroxylation is 1. The topological polar surface area (TPSA) is 67.2 Å². The summed E-state index contributed by atoms with van der Waals surface area (Å²) in [4.78, 5) is 25.8. The Balaban J connectivity index is 1.64. The highest BCUT2D eigenvalue weighted by atomic mass is 19.4. The van der Waals surface area contributed by atoms with Gasteiger partial charge in [-0.25, -0.2) is 0 Å². The summed E-state index contributed by atoms with van der Waals surface area (Å²) >= 11 is 0. The summed E-state index contributed by atoms with van der Waals surface area (Å²) in [7, 11) is 1.71. The SMILES string of the molecule is Cn1cc(NC(=O)C2CC(=O)N(Cc3cccc(C(F)(F)F)c3)C2)cn1. The van der Waals surface area contributed by atoms with Gasteiger partial charge < -0.3 is 10.2 Å². The molecule has 0 radical (unpaired) electrons. The first kappa shape index (κ1) is 18.0. The maximum absolute atomic E-state index is 12.8. The fourth-order valence-electron chi connectivity index (χ4n) is 2.90. The normalized spacial score (nSPS) is 17.6. The van der Waals surface area contributed by atoms with Gasteiger partial charge in [-0.15, -0.1) is 0 Å². The lowest BCUT2D eigenvalue weighted by Crippen LogP contribution is -2.28. The molecule has 1 aromatic carbocycles. The highest BCUT2D eigenvalue weighted by Crippen LogP contribution is 2.30. The first-order valence-electron chi connectivity index (χ1n) is 7.96. The van der Waals surface area contributed by atoms with Gasteiger partial charge in [0.15, 0.2) is 0 Å². The quantitative estimate of drug-likeness (QED) is 0.904. The molecule has 1 saturated heterocycles. The van der Waals surface area contributed by atoms with Crippen LogP contribution in [0.25, 0.3) is 0 Å². The van der Waals surface area contributed by atoms with Crippen LogP contribution in [0.2, 0.25) is 0 Å². The van der Waals surface area contributed by atoms with Crippen LogP contribution in [0.4, 0.5) is 18.9 Å². The second-order valence-corrected chi connectivity index (χ2v) is 6.27. The van der Waals surface area contributed by atoms with Crippen molar-refractivity contribution in [3.05, 3.63) is 47.8 Å². The van der Waals surface area contributed by atoms with E-state index in [0.29, 0.717) is 11.3 Å². The van der Waals surface area contributed by atoms with E-state index in [4.69, 9.17) is 0 Å². The number of likely N-dealkylation sites (tertiary alicyclic amines) is 1. The van der Waals surface area contributed by atoms with E-state index in [0.717, 1.165) is 12.1 Å². The molecule has 3 rings (SSSR count). The van der Waals surface area contributed by atoms with Gasteiger partial charge in [0.2, 0.25) is 11.8 Å². The molecule has 0 spiro atoms. The Morgan fingerprint density at radius 3 is 2.81 bits per heavy atom. The third-order valence-electron chi connectivity index (χ3n) is 4.19. The van der Waals surface area contributed by atoms with Crippen LogP contribution in [0.3, 0.4) is 0 Å². The summed E-state index contributed by atoms with van der Waals surface area (Å²) in [5.41, 5.74) is 0.148. The molecule has 0 aliphatic carbocycles. The van der Waals surface area contributed by atoms with Crippen molar-refractivity contribution in [2.24, 2.45) is 13.0 Å². The first-order valence-corrected chi connectivity index (χ1v) is 7.96. The average molecular weight is 366 g/mol. The van der Waals surface area contributed by atoms with Gasteiger partial charge in [0.1, 0.15) is 0 Å². The fraction of sp³-hybridized carbons (Fsp3) is 0.353. The zero-order valence-electron chi connectivity index (χ0n) is 14.0. The Hall–Kier alpha value is -2.84. The molecule has 0 saturated carbocycles. The summed E-state index contributed by atoms with van der Waals surface area (Å²) in [6, 6.07) is 4.85. The molecular weight excluding hydrogens is 349 g/mol. The summed E-state index contributed by atoms with van der Waals surface area (Å²) in [5.74, 6) is -1.11. The Morgan fingerprint density at radius 2 is 2.15 bits per heavy atom. The van der Waals surface area contributed by atoms with Crippen LogP contribution in [-0.4, -0.2) is 33.0 Å². The van der Waals surface area contributed by atoms with Gasteiger partial charge in [0.25, 0.3) is 0 Å². The zero-order chi connectivity index (χ0) is 18.9. The van der Waals surface area contributed by atoms with Crippen LogP contribution in [-0.2, 0) is 29.4 Å². The van der Waals surface area contributed by atoms with Crippen LogP contribution >= 0.6 is 0 Å². The number of alkyl halides is 3. The van der Waals surface area contributed by atoms with E-state index in [1.807, 2.05) is 0 Å². The number of aromatic nitrogens is 2. The van der Waals surface area contributed by atoms with Crippen molar-refractivity contribution < 1.29 is 22.8 Å². The maximum atomic E-state index is 12.8. The Morgan fingerprint density at radius 1 is 1.38 bits per heavy atom. The van der Waals surface area contributed by atoms with Crippen LogP contribution < -0.4 is 5.32 Å². The lowest BCUT2D eigenvalue weighted by Gasteiger charge is -2.17. The van der Waals surface area contributed by atoms with Crippen LogP contribution in [0.1, 0.15) is 17.5 Å². The molecule has 2 heterocycles.